The summed E-state index contributed by atoms with van der Waals surface area (Å²) in [5.74, 6) is 0.0917. The largest absolute Gasteiger partial charge is 0.351 e. The molecule has 1 saturated heterocycles. The van der Waals surface area contributed by atoms with E-state index in [1.54, 1.807) is 0 Å². The lowest BCUT2D eigenvalue weighted by molar-refractivity contribution is -0.117. The van der Waals surface area contributed by atoms with E-state index in [0.29, 0.717) is 0 Å². The topological polar surface area (TPSA) is 44.4 Å². The average Bonchev–Trinajstić information content (AvgIpc) is 2.25. The molecular weight excluding hydrogens is 214 g/mol. The molecule has 1 rings (SSSR count). The Balaban J connectivity index is 2.23. The van der Waals surface area contributed by atoms with Gasteiger partial charge in [0.1, 0.15) is 0 Å². The highest BCUT2D eigenvalue weighted by atomic mass is 16.1. The smallest absolute Gasteiger partial charge is 0.247 e. The van der Waals surface area contributed by atoms with Crippen molar-refractivity contribution in [2.75, 3.05) is 39.3 Å². The Morgan fingerprint density at radius 2 is 2.06 bits per heavy atom. The summed E-state index contributed by atoms with van der Waals surface area (Å²) in [5.41, 5.74) is 2.13. The molecule has 0 spiro atoms. The van der Waals surface area contributed by atoms with Gasteiger partial charge in [-0.05, 0) is 32.0 Å². The molecule has 17 heavy (non-hydrogen) atoms. The van der Waals surface area contributed by atoms with Gasteiger partial charge in [0.25, 0.3) is 0 Å². The van der Waals surface area contributed by atoms with Crippen LogP contribution >= 0.6 is 0 Å². The number of hydrogen-bond donors (Lipinski definition) is 2. The Morgan fingerprint density at radius 3 is 2.53 bits per heavy atom. The van der Waals surface area contributed by atoms with Crippen LogP contribution in [0.25, 0.3) is 0 Å². The zero-order chi connectivity index (χ0) is 12.7. The van der Waals surface area contributed by atoms with Crippen LogP contribution in [0.1, 0.15) is 27.2 Å². The number of nitrogens with zero attached hydrogens (tertiary/aromatic N) is 1. The molecule has 1 fully saturated rings. The molecule has 4 heteroatoms. The lowest BCUT2D eigenvalue weighted by atomic mass is 10.0. The van der Waals surface area contributed by atoms with Crippen molar-refractivity contribution in [3.05, 3.63) is 11.1 Å². The molecule has 1 amide bonds. The van der Waals surface area contributed by atoms with E-state index in [0.717, 1.165) is 51.3 Å². The molecule has 98 valence electrons. The molecule has 1 heterocycles. The highest BCUT2D eigenvalue weighted by Gasteiger charge is 2.15. The number of carbonyl (C=O) groups excluding carboxylic acids is 1. The second-order valence-electron chi connectivity index (χ2n) is 4.52. The van der Waals surface area contributed by atoms with Crippen molar-refractivity contribution in [1.29, 1.82) is 0 Å². The molecule has 0 aromatic heterocycles. The first-order chi connectivity index (χ1) is 8.19. The molecule has 0 aromatic rings. The molecule has 2 N–H and O–H groups in total. The highest BCUT2D eigenvalue weighted by molar-refractivity contribution is 5.93. The maximum Gasteiger partial charge on any atom is 0.247 e. The molecule has 1 aliphatic rings. The molecule has 0 saturated carbocycles. The SMILES string of the molecule is CCCN(CC)CCNC(=O)C(C)=C1CNC1. The third kappa shape index (κ3) is 4.48. The molecule has 4 nitrogen and oxygen atoms in total. The number of nitrogens with one attached hydrogen (secondary N) is 2. The van der Waals surface area contributed by atoms with E-state index in [4.69, 9.17) is 0 Å². The normalized spacial score (nSPS) is 14.7. The number of rotatable bonds is 7. The fourth-order valence-corrected chi connectivity index (χ4v) is 1.88. The summed E-state index contributed by atoms with van der Waals surface area (Å²) in [6, 6.07) is 0. The van der Waals surface area contributed by atoms with E-state index < -0.39 is 0 Å². The van der Waals surface area contributed by atoms with E-state index in [-0.39, 0.29) is 5.91 Å². The molecule has 1 aliphatic heterocycles. The number of likely N-dealkylation sites (N-methyl/N-ethyl adjacent to an activating group) is 1. The molecule has 0 atom stereocenters. The Kier molecular flexibility index (Phi) is 6.22. The first-order valence-corrected chi connectivity index (χ1v) is 6.58. The predicted molar refractivity (Wildman–Crippen MR) is 71.0 cm³/mol. The zero-order valence-electron chi connectivity index (χ0n) is 11.3. The predicted octanol–water partition coefficient (Wildman–Crippen LogP) is 0.754. The van der Waals surface area contributed by atoms with Crippen molar-refractivity contribution < 1.29 is 4.79 Å². The van der Waals surface area contributed by atoms with Crippen molar-refractivity contribution in [2.24, 2.45) is 0 Å². The van der Waals surface area contributed by atoms with Crippen LogP contribution in [0.5, 0.6) is 0 Å². The van der Waals surface area contributed by atoms with Crippen LogP contribution in [0.15, 0.2) is 11.1 Å². The lowest BCUT2D eigenvalue weighted by Gasteiger charge is -2.22. The summed E-state index contributed by atoms with van der Waals surface area (Å²) < 4.78 is 0. The third-order valence-corrected chi connectivity index (χ3v) is 3.25. The lowest BCUT2D eigenvalue weighted by Crippen LogP contribution is -2.39. The molecule has 0 aliphatic carbocycles. The second-order valence-corrected chi connectivity index (χ2v) is 4.52. The quantitative estimate of drug-likeness (QED) is 0.645. The minimum absolute atomic E-state index is 0.0917. The third-order valence-electron chi connectivity index (χ3n) is 3.25. The first kappa shape index (κ1) is 14.2. The van der Waals surface area contributed by atoms with Gasteiger partial charge in [0.15, 0.2) is 0 Å². The molecule has 0 aromatic carbocycles. The molecule has 0 bridgehead atoms. The molecular formula is C13H25N3O. The van der Waals surface area contributed by atoms with Crippen molar-refractivity contribution in [2.45, 2.75) is 27.2 Å². The van der Waals surface area contributed by atoms with Gasteiger partial charge >= 0.3 is 0 Å². The van der Waals surface area contributed by atoms with E-state index in [9.17, 15) is 4.79 Å². The maximum atomic E-state index is 11.8. The Morgan fingerprint density at radius 1 is 1.35 bits per heavy atom. The van der Waals surface area contributed by atoms with E-state index in [1.165, 1.54) is 5.57 Å². The van der Waals surface area contributed by atoms with Crippen molar-refractivity contribution in [1.82, 2.24) is 15.5 Å². The Bertz CT molecular complexity index is 280. The summed E-state index contributed by atoms with van der Waals surface area (Å²) in [6.45, 7) is 11.8. The minimum Gasteiger partial charge on any atom is -0.351 e. The van der Waals surface area contributed by atoms with Gasteiger partial charge in [-0.1, -0.05) is 13.8 Å². The Hall–Kier alpha value is -0.870. The average molecular weight is 239 g/mol. The van der Waals surface area contributed by atoms with E-state index in [2.05, 4.69) is 29.4 Å². The summed E-state index contributed by atoms with van der Waals surface area (Å²) in [7, 11) is 0. The van der Waals surface area contributed by atoms with Gasteiger partial charge in [0.2, 0.25) is 5.91 Å². The zero-order valence-corrected chi connectivity index (χ0v) is 11.3. The maximum absolute atomic E-state index is 11.8. The van der Waals surface area contributed by atoms with Gasteiger partial charge in [-0.3, -0.25) is 4.79 Å². The van der Waals surface area contributed by atoms with Gasteiger partial charge in [-0.25, -0.2) is 0 Å². The van der Waals surface area contributed by atoms with E-state index >= 15 is 0 Å². The van der Waals surface area contributed by atoms with Crippen molar-refractivity contribution >= 4 is 5.91 Å². The molecule has 0 radical (unpaired) electrons. The van der Waals surface area contributed by atoms with Crippen LogP contribution in [0.2, 0.25) is 0 Å². The van der Waals surface area contributed by atoms with Crippen LogP contribution in [0.3, 0.4) is 0 Å². The summed E-state index contributed by atoms with van der Waals surface area (Å²) >= 11 is 0. The van der Waals surface area contributed by atoms with Crippen molar-refractivity contribution in [3.63, 3.8) is 0 Å². The van der Waals surface area contributed by atoms with Gasteiger partial charge in [0.05, 0.1) is 0 Å². The van der Waals surface area contributed by atoms with Crippen LogP contribution in [0.4, 0.5) is 0 Å². The number of carbonyl (C=O) groups is 1. The van der Waals surface area contributed by atoms with Gasteiger partial charge in [-0.2, -0.15) is 0 Å². The summed E-state index contributed by atoms with van der Waals surface area (Å²) in [4.78, 5) is 14.1. The first-order valence-electron chi connectivity index (χ1n) is 6.58. The second kappa shape index (κ2) is 7.45. The Labute approximate surface area is 104 Å². The fourth-order valence-electron chi connectivity index (χ4n) is 1.88. The molecule has 0 unspecified atom stereocenters. The van der Waals surface area contributed by atoms with Crippen LogP contribution in [-0.2, 0) is 4.79 Å². The number of amides is 1. The minimum atomic E-state index is 0.0917. The van der Waals surface area contributed by atoms with Gasteiger partial charge in [-0.15, -0.1) is 0 Å². The van der Waals surface area contributed by atoms with Crippen LogP contribution < -0.4 is 10.6 Å². The van der Waals surface area contributed by atoms with Crippen LogP contribution in [0, 0.1) is 0 Å². The standard InChI is InChI=1S/C13H25N3O/c1-4-7-16(5-2)8-6-15-13(17)11(3)12-9-14-10-12/h14H,4-10H2,1-3H3,(H,15,17). The monoisotopic (exact) mass is 239 g/mol. The fraction of sp³-hybridized carbons (Fsp3) is 0.769. The van der Waals surface area contributed by atoms with Gasteiger partial charge < -0.3 is 15.5 Å². The van der Waals surface area contributed by atoms with Gasteiger partial charge in [0, 0.05) is 31.8 Å². The number of hydrogen-bond acceptors (Lipinski definition) is 3. The van der Waals surface area contributed by atoms with Crippen molar-refractivity contribution in [3.8, 4) is 0 Å². The van der Waals surface area contributed by atoms with E-state index in [1.807, 2.05) is 6.92 Å². The highest BCUT2D eigenvalue weighted by Crippen LogP contribution is 2.08. The van der Waals surface area contributed by atoms with Crippen LogP contribution in [-0.4, -0.2) is 50.1 Å². The summed E-state index contributed by atoms with van der Waals surface area (Å²) in [6.07, 6.45) is 1.16. The summed E-state index contributed by atoms with van der Waals surface area (Å²) in [5, 5.41) is 6.14.